The third kappa shape index (κ3) is 28.7. The van der Waals surface area contributed by atoms with Crippen LogP contribution in [0, 0.1) is 88.9 Å². The van der Waals surface area contributed by atoms with Crippen LogP contribution < -0.4 is 18.9 Å². The lowest BCUT2D eigenvalue weighted by atomic mass is 9.68. The highest BCUT2D eigenvalue weighted by Crippen LogP contribution is 2.48. The van der Waals surface area contributed by atoms with E-state index in [-0.39, 0.29) is 60.5 Å². The van der Waals surface area contributed by atoms with E-state index in [9.17, 15) is 19.2 Å². The van der Waals surface area contributed by atoms with Gasteiger partial charge in [0.25, 0.3) is 0 Å². The zero-order chi connectivity index (χ0) is 69.8. The third-order valence-electron chi connectivity index (χ3n) is 22.3. The summed E-state index contributed by atoms with van der Waals surface area (Å²) in [6, 6.07) is 0. The van der Waals surface area contributed by atoms with Crippen LogP contribution in [0.3, 0.4) is 0 Å². The number of ether oxygens (including phenoxy) is 5. The predicted octanol–water partition coefficient (Wildman–Crippen LogP) is 21.2. The van der Waals surface area contributed by atoms with Crippen molar-refractivity contribution in [3.8, 4) is 23.0 Å². The number of carbonyl (C=O) groups is 4. The minimum Gasteiger partial charge on any atom is -0.487 e. The average molecular weight is 1360 g/mol. The summed E-state index contributed by atoms with van der Waals surface area (Å²) in [7, 11) is 8.09. The van der Waals surface area contributed by atoms with Gasteiger partial charge >= 0.3 is 17.9 Å². The van der Waals surface area contributed by atoms with Gasteiger partial charge in [-0.2, -0.15) is 0 Å². The Morgan fingerprint density at radius 2 is 0.863 bits per heavy atom. The van der Waals surface area contributed by atoms with Crippen molar-refractivity contribution in [2.75, 3.05) is 58.4 Å². The van der Waals surface area contributed by atoms with Crippen molar-refractivity contribution in [1.29, 1.82) is 0 Å². The second-order valence-corrected chi connectivity index (χ2v) is 34.9. The molecule has 8 atom stereocenters. The number of hydrogen-bond acceptors (Lipinski definition) is 13. The van der Waals surface area contributed by atoms with Crippen LogP contribution in [0.25, 0.3) is 0 Å². The zero-order valence-corrected chi connectivity index (χ0v) is 65.5. The summed E-state index contributed by atoms with van der Waals surface area (Å²) in [5, 5.41) is 0. The maximum atomic E-state index is 13.4. The quantitative estimate of drug-likeness (QED) is 0.0271. The molecule has 8 unspecified atom stereocenters. The maximum Gasteiger partial charge on any atom is 0.311 e. The van der Waals surface area contributed by atoms with Crippen LogP contribution >= 0.6 is 21.6 Å². The summed E-state index contributed by atoms with van der Waals surface area (Å²) in [6.45, 7) is 40.0. The molecule has 3 aliphatic rings. The highest BCUT2D eigenvalue weighted by atomic mass is 33.1. The van der Waals surface area contributed by atoms with Crippen LogP contribution in [0.15, 0.2) is 0 Å². The Bertz CT molecular complexity index is 2670. The molecule has 0 N–H and O–H groups in total. The van der Waals surface area contributed by atoms with Crippen molar-refractivity contribution in [3.63, 3.8) is 0 Å². The topological polar surface area (TPSA) is 121 Å². The van der Waals surface area contributed by atoms with Crippen LogP contribution in [0.5, 0.6) is 23.0 Å². The van der Waals surface area contributed by atoms with Gasteiger partial charge in [0.2, 0.25) is 0 Å². The summed E-state index contributed by atoms with van der Waals surface area (Å²) < 4.78 is 31.3. The van der Waals surface area contributed by atoms with Crippen LogP contribution in [0.4, 0.5) is 0 Å². The van der Waals surface area contributed by atoms with Gasteiger partial charge in [-0.25, -0.2) is 0 Å². The van der Waals surface area contributed by atoms with Crippen molar-refractivity contribution >= 4 is 45.3 Å². The van der Waals surface area contributed by atoms with Gasteiger partial charge < -0.3 is 33.5 Å². The molecule has 1 aliphatic carbocycles. The minimum absolute atomic E-state index is 0.00704. The fourth-order valence-electron chi connectivity index (χ4n) is 15.1. The van der Waals surface area contributed by atoms with Crippen molar-refractivity contribution < 1.29 is 42.9 Å². The average Bonchev–Trinajstić information content (AvgIpc) is 0.770. The predicted molar refractivity (Wildman–Crippen MR) is 401 cm³/mol. The molecule has 0 radical (unpaired) electrons. The molecule has 0 amide bonds. The highest BCUT2D eigenvalue weighted by molar-refractivity contribution is 8.76. The van der Waals surface area contributed by atoms with Crippen LogP contribution in [-0.4, -0.2) is 103 Å². The normalized spacial score (nSPS) is 19.8. The van der Waals surface area contributed by atoms with Crippen molar-refractivity contribution in [2.24, 2.45) is 47.3 Å². The molecule has 542 valence electrons. The summed E-state index contributed by atoms with van der Waals surface area (Å²) in [4.78, 5) is 57.3. The van der Waals surface area contributed by atoms with Gasteiger partial charge in [-0.15, -0.1) is 0 Å². The number of esters is 3. The lowest BCUT2D eigenvalue weighted by Crippen LogP contribution is -2.37. The summed E-state index contributed by atoms with van der Waals surface area (Å²) >= 11 is 0. The van der Waals surface area contributed by atoms with E-state index in [0.717, 1.165) is 200 Å². The molecular weight excluding hydrogens is 1220 g/mol. The molecule has 95 heavy (non-hydrogen) atoms. The Hall–Kier alpha value is -3.26. The number of ketones is 1. The molecule has 2 heterocycles. The number of hydrogen-bond donors (Lipinski definition) is 0. The van der Waals surface area contributed by atoms with Crippen molar-refractivity contribution in [1.82, 2.24) is 9.80 Å². The molecule has 2 aliphatic heterocycles. The first-order valence-corrected chi connectivity index (χ1v) is 40.9. The first-order chi connectivity index (χ1) is 45.1. The Morgan fingerprint density at radius 3 is 1.27 bits per heavy atom. The summed E-state index contributed by atoms with van der Waals surface area (Å²) in [5.41, 5.74) is 7.79. The number of benzene rings is 2. The molecule has 11 nitrogen and oxygen atoms in total. The number of nitrogens with zero attached hydrogens (tertiary/aromatic N) is 2. The summed E-state index contributed by atoms with van der Waals surface area (Å²) in [6.07, 6.45) is 31.9. The fourth-order valence-corrected chi connectivity index (χ4v) is 17.2. The molecule has 0 saturated heterocycles. The van der Waals surface area contributed by atoms with Crippen LogP contribution in [0.1, 0.15) is 300 Å². The molecule has 0 spiro atoms. The first kappa shape index (κ1) is 82.4. The van der Waals surface area contributed by atoms with Crippen molar-refractivity contribution in [3.05, 3.63) is 44.5 Å². The number of Topliss-reactive ketones (excluding diaryl/α,β-unsaturated/α-hetero) is 1. The third-order valence-corrected chi connectivity index (χ3v) is 24.7. The van der Waals surface area contributed by atoms with E-state index in [1.54, 1.807) is 0 Å². The Balaban J connectivity index is 0.866. The largest absolute Gasteiger partial charge is 0.487 e. The lowest BCUT2D eigenvalue weighted by molar-refractivity contribution is -0.147. The number of carbonyl (C=O) groups excluding carboxylic acids is 4. The van der Waals surface area contributed by atoms with E-state index >= 15 is 0 Å². The molecule has 13 heteroatoms. The molecule has 2 aromatic carbocycles. The van der Waals surface area contributed by atoms with Gasteiger partial charge in [-0.05, 0) is 234 Å². The van der Waals surface area contributed by atoms with Gasteiger partial charge in [-0.3, -0.25) is 19.2 Å². The molecule has 1 saturated carbocycles. The van der Waals surface area contributed by atoms with E-state index in [0.29, 0.717) is 24.0 Å². The Morgan fingerprint density at radius 1 is 0.474 bits per heavy atom. The Kier molecular flexibility index (Phi) is 36.5. The minimum atomic E-state index is -0.420. The van der Waals surface area contributed by atoms with E-state index in [2.05, 4.69) is 114 Å². The SMILES string of the molecule is Cc1c(C)c2c(c(C)c1OC(=O)CCC(=O)OCCCN(C)CCSSCCN(C)CCCC1CCC1C(=O)CCC(=O)Oc1c(C)c(C)c3c(c1C)CCC(C)(CCCC(C)CCCC(C)CCCC(C)C)O3)CCC(C)(CCCC(C)CCCC(C)CCCC(C)C)O2. The van der Waals surface area contributed by atoms with Crippen LogP contribution in [0.2, 0.25) is 0 Å². The molecular formula is C82H138N2O9S2. The Labute approximate surface area is 588 Å². The van der Waals surface area contributed by atoms with Crippen molar-refractivity contribution in [2.45, 2.75) is 321 Å². The molecule has 2 aromatic rings. The first-order valence-electron chi connectivity index (χ1n) is 38.4. The van der Waals surface area contributed by atoms with Crippen LogP contribution in [-0.2, 0) is 36.8 Å². The fraction of sp³-hybridized carbons (Fsp3) is 0.805. The summed E-state index contributed by atoms with van der Waals surface area (Å²) in [5.74, 6) is 9.55. The second-order valence-electron chi connectivity index (χ2n) is 32.2. The zero-order valence-electron chi connectivity index (χ0n) is 63.9. The van der Waals surface area contributed by atoms with Gasteiger partial charge in [0.05, 0.1) is 25.9 Å². The van der Waals surface area contributed by atoms with Gasteiger partial charge in [-0.1, -0.05) is 167 Å². The number of rotatable bonds is 48. The maximum absolute atomic E-state index is 13.4. The molecule has 5 rings (SSSR count). The van der Waals surface area contributed by atoms with E-state index in [1.807, 2.05) is 42.4 Å². The molecule has 1 fully saturated rings. The van der Waals surface area contributed by atoms with E-state index in [4.69, 9.17) is 23.7 Å². The molecule has 0 bridgehead atoms. The number of fused-ring (bicyclic) bond motifs is 2. The van der Waals surface area contributed by atoms with Gasteiger partial charge in [0.1, 0.15) is 40.0 Å². The van der Waals surface area contributed by atoms with E-state index in [1.165, 1.54) is 103 Å². The highest BCUT2D eigenvalue weighted by Gasteiger charge is 2.38. The lowest BCUT2D eigenvalue weighted by Gasteiger charge is -2.38. The monoisotopic (exact) mass is 1360 g/mol. The van der Waals surface area contributed by atoms with Gasteiger partial charge in [0.15, 0.2) is 0 Å². The smallest absolute Gasteiger partial charge is 0.311 e. The second kappa shape index (κ2) is 42.1. The van der Waals surface area contributed by atoms with E-state index < -0.39 is 5.97 Å². The molecule has 0 aromatic heterocycles. The van der Waals surface area contributed by atoms with Gasteiger partial charge in [0, 0.05) is 54.6 Å². The standard InChI is InChI=1S/C82H138N2O9S2/c1-57(2)27-19-29-59(5)31-21-33-61(7)35-23-46-81(15)48-44-70-67(13)77(63(9)65(11)79(70)92-81)90-75(87)41-40-73(85)72-39-38-69(72)37-25-50-83(17)52-55-94-95-56-53-84(18)51-26-54-89-74(86)42-43-76(88)91-78-64(10)66(12)80-71(68(78)14)45-49-82(16,93-80)47-24-36-62(8)34-22-32-60(6)30-20-28-58(3)4/h57-62,69,72H,19-56H2,1-18H3.